The van der Waals surface area contributed by atoms with Crippen LogP contribution in [0.1, 0.15) is 40.0 Å². The zero-order valence-electron chi connectivity index (χ0n) is 9.26. The minimum Gasteiger partial charge on any atom is -0.352 e. The molecular formula is C12H19NO. The van der Waals surface area contributed by atoms with Gasteiger partial charge in [0.25, 0.3) is 0 Å². The molecule has 0 unspecified atom stereocenters. The van der Waals surface area contributed by atoms with E-state index < -0.39 is 0 Å². The van der Waals surface area contributed by atoms with Crippen LogP contribution in [0.15, 0.2) is 0 Å². The van der Waals surface area contributed by atoms with Gasteiger partial charge in [-0.15, -0.1) is 0 Å². The standard InChI is InChI=1S/C12H19NO/c1-11(2)8-4-5-12(11,3)10-7(8)6-9(14)13-10/h7-8,10H,4-6H2,1-3H3,(H,13,14)/t7-,8+,10-,12-/m1/s1. The average Bonchev–Trinajstić information content (AvgIpc) is 2.59. The summed E-state index contributed by atoms with van der Waals surface area (Å²) in [6.07, 6.45) is 3.42. The molecule has 2 nitrogen and oxygen atoms in total. The molecule has 3 aliphatic rings. The van der Waals surface area contributed by atoms with Crippen molar-refractivity contribution in [2.75, 3.05) is 0 Å². The minimum absolute atomic E-state index is 0.286. The third kappa shape index (κ3) is 0.697. The highest BCUT2D eigenvalue weighted by molar-refractivity contribution is 5.79. The first kappa shape index (κ1) is 8.75. The lowest BCUT2D eigenvalue weighted by atomic mass is 9.69. The van der Waals surface area contributed by atoms with Gasteiger partial charge in [-0.1, -0.05) is 20.8 Å². The monoisotopic (exact) mass is 193 g/mol. The normalized spacial score (nSPS) is 53.4. The molecule has 0 aromatic heterocycles. The smallest absolute Gasteiger partial charge is 0.220 e. The summed E-state index contributed by atoms with van der Waals surface area (Å²) in [5, 5.41) is 3.20. The molecule has 14 heavy (non-hydrogen) atoms. The summed E-state index contributed by atoms with van der Waals surface area (Å²) in [5.41, 5.74) is 0.782. The van der Waals surface area contributed by atoms with Gasteiger partial charge in [-0.2, -0.15) is 0 Å². The van der Waals surface area contributed by atoms with Crippen molar-refractivity contribution in [2.24, 2.45) is 22.7 Å². The molecule has 1 amide bonds. The molecule has 4 atom stereocenters. The number of carbonyl (C=O) groups excluding carboxylic acids is 1. The van der Waals surface area contributed by atoms with E-state index in [0.717, 1.165) is 12.3 Å². The third-order valence-electron chi connectivity index (χ3n) is 5.74. The Bertz CT molecular complexity index is 309. The lowest BCUT2D eigenvalue weighted by Gasteiger charge is -2.38. The van der Waals surface area contributed by atoms with Crippen molar-refractivity contribution in [3.05, 3.63) is 0 Å². The largest absolute Gasteiger partial charge is 0.352 e. The van der Waals surface area contributed by atoms with E-state index >= 15 is 0 Å². The van der Waals surface area contributed by atoms with Gasteiger partial charge < -0.3 is 5.32 Å². The Balaban J connectivity index is 2.06. The fourth-order valence-electron chi connectivity index (χ4n) is 4.55. The number of amides is 1. The number of fused-ring (bicyclic) bond motifs is 5. The van der Waals surface area contributed by atoms with E-state index in [1.165, 1.54) is 12.8 Å². The van der Waals surface area contributed by atoms with Crippen LogP contribution in [-0.2, 0) is 4.79 Å². The van der Waals surface area contributed by atoms with Gasteiger partial charge in [0.2, 0.25) is 5.91 Å². The zero-order valence-corrected chi connectivity index (χ0v) is 9.26. The van der Waals surface area contributed by atoms with Crippen molar-refractivity contribution in [2.45, 2.75) is 46.1 Å². The number of nitrogens with one attached hydrogen (secondary N) is 1. The van der Waals surface area contributed by atoms with Gasteiger partial charge >= 0.3 is 0 Å². The number of carbonyl (C=O) groups is 1. The van der Waals surface area contributed by atoms with Crippen LogP contribution in [0.2, 0.25) is 0 Å². The topological polar surface area (TPSA) is 29.1 Å². The van der Waals surface area contributed by atoms with Gasteiger partial charge in [-0.25, -0.2) is 0 Å². The zero-order chi connectivity index (χ0) is 10.1. The molecule has 1 aliphatic heterocycles. The molecule has 0 aromatic carbocycles. The lowest BCUT2D eigenvalue weighted by molar-refractivity contribution is -0.120. The van der Waals surface area contributed by atoms with E-state index in [9.17, 15) is 4.79 Å². The van der Waals surface area contributed by atoms with E-state index in [0.29, 0.717) is 22.8 Å². The van der Waals surface area contributed by atoms with Crippen LogP contribution in [0.4, 0.5) is 0 Å². The molecule has 1 saturated heterocycles. The second-order valence-corrected chi connectivity index (χ2v) is 6.20. The van der Waals surface area contributed by atoms with Gasteiger partial charge in [0.15, 0.2) is 0 Å². The Labute approximate surface area is 85.4 Å². The number of rotatable bonds is 0. The fourth-order valence-corrected chi connectivity index (χ4v) is 4.55. The Morgan fingerprint density at radius 3 is 2.71 bits per heavy atom. The summed E-state index contributed by atoms with van der Waals surface area (Å²) < 4.78 is 0. The molecule has 2 heteroatoms. The number of hydrogen-bond donors (Lipinski definition) is 1. The van der Waals surface area contributed by atoms with E-state index in [2.05, 4.69) is 26.1 Å². The molecular weight excluding hydrogens is 174 g/mol. The van der Waals surface area contributed by atoms with Crippen molar-refractivity contribution >= 4 is 5.91 Å². The Hall–Kier alpha value is -0.530. The van der Waals surface area contributed by atoms with Gasteiger partial charge in [0.05, 0.1) is 0 Å². The molecule has 0 radical (unpaired) electrons. The highest BCUT2D eigenvalue weighted by atomic mass is 16.2. The quantitative estimate of drug-likeness (QED) is 0.626. The summed E-state index contributed by atoms with van der Waals surface area (Å²) >= 11 is 0. The van der Waals surface area contributed by atoms with Gasteiger partial charge in [0.1, 0.15) is 0 Å². The van der Waals surface area contributed by atoms with Gasteiger partial charge in [-0.3, -0.25) is 4.79 Å². The van der Waals surface area contributed by atoms with Crippen LogP contribution in [0.5, 0.6) is 0 Å². The maximum atomic E-state index is 11.4. The molecule has 0 aromatic rings. The van der Waals surface area contributed by atoms with Crippen LogP contribution in [0, 0.1) is 22.7 Å². The van der Waals surface area contributed by atoms with Crippen molar-refractivity contribution in [1.29, 1.82) is 0 Å². The molecule has 1 N–H and O–H groups in total. The predicted molar refractivity (Wildman–Crippen MR) is 54.6 cm³/mol. The molecule has 3 fully saturated rings. The molecule has 78 valence electrons. The molecule has 2 saturated carbocycles. The number of hydrogen-bond acceptors (Lipinski definition) is 1. The minimum atomic E-state index is 0.286. The second kappa shape index (κ2) is 2.17. The first-order valence-electron chi connectivity index (χ1n) is 5.76. The van der Waals surface area contributed by atoms with Crippen LogP contribution in [-0.4, -0.2) is 11.9 Å². The van der Waals surface area contributed by atoms with Crippen LogP contribution in [0.3, 0.4) is 0 Å². The first-order chi connectivity index (χ1) is 6.47. The van der Waals surface area contributed by atoms with Crippen molar-refractivity contribution < 1.29 is 4.79 Å². The average molecular weight is 193 g/mol. The van der Waals surface area contributed by atoms with Gasteiger partial charge in [0, 0.05) is 12.5 Å². The van der Waals surface area contributed by atoms with Crippen LogP contribution < -0.4 is 5.32 Å². The third-order valence-corrected chi connectivity index (χ3v) is 5.74. The second-order valence-electron chi connectivity index (χ2n) is 6.20. The van der Waals surface area contributed by atoms with Crippen molar-refractivity contribution in [1.82, 2.24) is 5.32 Å². The van der Waals surface area contributed by atoms with E-state index in [-0.39, 0.29) is 5.91 Å². The first-order valence-corrected chi connectivity index (χ1v) is 5.76. The fraction of sp³-hybridized carbons (Fsp3) is 0.917. The van der Waals surface area contributed by atoms with Gasteiger partial charge in [-0.05, 0) is 35.5 Å². The van der Waals surface area contributed by atoms with E-state index in [1.807, 2.05) is 0 Å². The summed E-state index contributed by atoms with van der Waals surface area (Å²) in [6.45, 7) is 7.17. The van der Waals surface area contributed by atoms with E-state index in [1.54, 1.807) is 0 Å². The molecule has 1 heterocycles. The molecule has 0 spiro atoms. The van der Waals surface area contributed by atoms with Crippen LogP contribution in [0.25, 0.3) is 0 Å². The summed E-state index contributed by atoms with van der Waals surface area (Å²) in [7, 11) is 0. The highest BCUT2D eigenvalue weighted by Gasteiger charge is 2.68. The maximum absolute atomic E-state index is 11.4. The van der Waals surface area contributed by atoms with Crippen molar-refractivity contribution in [3.63, 3.8) is 0 Å². The summed E-state index contributed by atoms with van der Waals surface area (Å²) in [5.74, 6) is 1.70. The molecule has 2 bridgehead atoms. The SMILES string of the molecule is CC1(C)[C@H]2CC[C@]1(C)[C@@H]1NC(=O)C[C@@H]12. The van der Waals surface area contributed by atoms with Crippen LogP contribution >= 0.6 is 0 Å². The lowest BCUT2D eigenvalue weighted by Crippen LogP contribution is -2.44. The van der Waals surface area contributed by atoms with Crippen molar-refractivity contribution in [3.8, 4) is 0 Å². The summed E-state index contributed by atoms with van der Waals surface area (Å²) in [6, 6.07) is 0.476. The Morgan fingerprint density at radius 2 is 2.07 bits per heavy atom. The highest BCUT2D eigenvalue weighted by Crippen LogP contribution is 2.69. The summed E-state index contributed by atoms with van der Waals surface area (Å²) in [4.78, 5) is 11.4. The maximum Gasteiger partial charge on any atom is 0.220 e. The Morgan fingerprint density at radius 1 is 1.36 bits per heavy atom. The molecule has 2 aliphatic carbocycles. The Kier molecular flexibility index (Phi) is 1.36. The van der Waals surface area contributed by atoms with E-state index in [4.69, 9.17) is 0 Å². The molecule has 3 rings (SSSR count). The predicted octanol–water partition coefficient (Wildman–Crippen LogP) is 1.95.